The molecule has 0 unspecified atom stereocenters. The Balaban J connectivity index is 1.58. The third kappa shape index (κ3) is 4.43. The van der Waals surface area contributed by atoms with Gasteiger partial charge in [0.2, 0.25) is 5.91 Å². The molecule has 30 heavy (non-hydrogen) atoms. The molecule has 2 aromatic heterocycles. The van der Waals surface area contributed by atoms with Crippen LogP contribution in [0.4, 0.5) is 5.69 Å². The molecule has 1 aliphatic heterocycles. The third-order valence-corrected chi connectivity index (χ3v) is 5.74. The molecular weight excluding hydrogens is 380 g/mol. The fraction of sp³-hybridized carbons (Fsp3) is 0.455. The van der Waals surface area contributed by atoms with Crippen LogP contribution in [0.2, 0.25) is 0 Å². The average molecular weight is 409 g/mol. The van der Waals surface area contributed by atoms with Crippen LogP contribution >= 0.6 is 0 Å². The molecule has 8 nitrogen and oxygen atoms in total. The quantitative estimate of drug-likeness (QED) is 0.638. The van der Waals surface area contributed by atoms with E-state index in [1.807, 2.05) is 19.1 Å². The number of aromatic amines is 1. The maximum atomic E-state index is 12.7. The van der Waals surface area contributed by atoms with Gasteiger partial charge in [0, 0.05) is 49.7 Å². The number of carbonyl (C=O) groups excluding carboxylic acids is 1. The Labute approximate surface area is 175 Å². The molecule has 0 spiro atoms. The van der Waals surface area contributed by atoms with Gasteiger partial charge in [0.05, 0.1) is 11.7 Å². The van der Waals surface area contributed by atoms with Gasteiger partial charge in [0.1, 0.15) is 12.0 Å². The van der Waals surface area contributed by atoms with Gasteiger partial charge in [-0.25, -0.2) is 9.97 Å². The number of nitrogens with two attached hydrogens (primary N) is 1. The van der Waals surface area contributed by atoms with Gasteiger partial charge in [0.15, 0.2) is 0 Å². The van der Waals surface area contributed by atoms with Gasteiger partial charge in [0.25, 0.3) is 5.56 Å². The van der Waals surface area contributed by atoms with E-state index in [4.69, 9.17) is 5.73 Å². The molecule has 3 heterocycles. The first-order valence-electron chi connectivity index (χ1n) is 10.5. The van der Waals surface area contributed by atoms with Gasteiger partial charge in [-0.1, -0.05) is 13.0 Å². The second kappa shape index (κ2) is 8.79. The van der Waals surface area contributed by atoms with E-state index in [1.165, 1.54) is 18.9 Å². The summed E-state index contributed by atoms with van der Waals surface area (Å²) in [6.07, 6.45) is 9.66. The topological polar surface area (TPSA) is 108 Å². The normalized spacial score (nSPS) is 16.7. The maximum Gasteiger partial charge on any atom is 0.271 e. The van der Waals surface area contributed by atoms with Gasteiger partial charge >= 0.3 is 0 Å². The molecule has 0 bridgehead atoms. The van der Waals surface area contributed by atoms with Crippen molar-refractivity contribution >= 4 is 11.6 Å². The number of nitrogens with one attached hydrogen (secondary N) is 1. The Morgan fingerprint density at radius 1 is 1.33 bits per heavy atom. The monoisotopic (exact) mass is 408 g/mol. The van der Waals surface area contributed by atoms with Crippen LogP contribution in [-0.2, 0) is 11.2 Å². The van der Waals surface area contributed by atoms with E-state index in [2.05, 4.69) is 19.9 Å². The zero-order valence-corrected chi connectivity index (χ0v) is 17.3. The van der Waals surface area contributed by atoms with Gasteiger partial charge in [-0.05, 0) is 37.3 Å². The lowest BCUT2D eigenvalue weighted by molar-refractivity contribution is -0.130. The number of H-pyrrole nitrogens is 1. The predicted octanol–water partition coefficient (Wildman–Crippen LogP) is 1.34. The van der Waals surface area contributed by atoms with Crippen LogP contribution in [0, 0.1) is 5.92 Å². The van der Waals surface area contributed by atoms with E-state index >= 15 is 0 Å². The molecule has 2 aliphatic rings. The molecule has 4 rings (SSSR count). The van der Waals surface area contributed by atoms with Gasteiger partial charge in [-0.3, -0.25) is 9.59 Å². The minimum atomic E-state index is -0.114. The molecule has 8 heteroatoms. The Kier molecular flexibility index (Phi) is 5.94. The number of rotatable bonds is 8. The Morgan fingerprint density at radius 2 is 2.13 bits per heavy atom. The van der Waals surface area contributed by atoms with Gasteiger partial charge in [-0.15, -0.1) is 0 Å². The largest absolute Gasteiger partial charge is 0.360 e. The first kappa shape index (κ1) is 20.3. The number of aryl methyl sites for hydroxylation is 1. The smallest absolute Gasteiger partial charge is 0.271 e. The molecule has 0 aromatic carbocycles. The lowest BCUT2D eigenvalue weighted by Crippen LogP contribution is -2.62. The van der Waals surface area contributed by atoms with E-state index in [0.29, 0.717) is 31.2 Å². The Bertz CT molecular complexity index is 991. The fourth-order valence-corrected chi connectivity index (χ4v) is 3.71. The van der Waals surface area contributed by atoms with Crippen LogP contribution in [0.25, 0.3) is 11.3 Å². The highest BCUT2D eigenvalue weighted by Gasteiger charge is 2.37. The van der Waals surface area contributed by atoms with Crippen LogP contribution < -0.4 is 16.2 Å². The summed E-state index contributed by atoms with van der Waals surface area (Å²) in [4.78, 5) is 40.4. The zero-order chi connectivity index (χ0) is 21.1. The first-order chi connectivity index (χ1) is 14.6. The van der Waals surface area contributed by atoms with Crippen molar-refractivity contribution in [3.8, 4) is 11.3 Å². The fourth-order valence-electron chi connectivity index (χ4n) is 3.71. The number of anilines is 1. The summed E-state index contributed by atoms with van der Waals surface area (Å²) in [6, 6.07) is 4.01. The Morgan fingerprint density at radius 3 is 2.83 bits per heavy atom. The molecule has 158 valence electrons. The molecule has 0 atom stereocenters. The van der Waals surface area contributed by atoms with E-state index in [1.54, 1.807) is 23.5 Å². The van der Waals surface area contributed by atoms with Crippen LogP contribution in [0.15, 0.2) is 41.6 Å². The Hall–Kier alpha value is -3.00. The van der Waals surface area contributed by atoms with Crippen molar-refractivity contribution in [1.82, 2.24) is 19.9 Å². The van der Waals surface area contributed by atoms with Crippen molar-refractivity contribution in [3.63, 3.8) is 0 Å². The van der Waals surface area contributed by atoms with Gasteiger partial charge in [-0.2, -0.15) is 0 Å². The SMILES string of the molecule is CCc1cc(-c2c[nH]c(=O)c(N(CC3CC3)C3CN(C(=O)/C=C/CN)C3)c2)ncn1. The molecule has 0 radical (unpaired) electrons. The summed E-state index contributed by atoms with van der Waals surface area (Å²) in [7, 11) is 0. The number of likely N-dealkylation sites (tertiary alicyclic amines) is 1. The van der Waals surface area contributed by atoms with E-state index in [9.17, 15) is 9.59 Å². The standard InChI is InChI=1S/C22H28N6O2/c1-2-17-9-19(26-14-25-17)16-8-20(22(30)24-10-16)28(11-15-5-6-15)18-12-27(13-18)21(29)4-3-7-23/h3-4,8-10,14-15,18H,2,5-7,11-13,23H2,1H3,(H,24,30)/b4-3+. The third-order valence-electron chi connectivity index (χ3n) is 5.74. The van der Waals surface area contributed by atoms with Crippen molar-refractivity contribution in [2.24, 2.45) is 11.7 Å². The zero-order valence-electron chi connectivity index (χ0n) is 17.3. The number of pyridine rings is 1. The summed E-state index contributed by atoms with van der Waals surface area (Å²) >= 11 is 0. The van der Waals surface area contributed by atoms with Crippen molar-refractivity contribution in [1.29, 1.82) is 0 Å². The summed E-state index contributed by atoms with van der Waals surface area (Å²) in [6.45, 7) is 4.45. The maximum absolute atomic E-state index is 12.7. The highest BCUT2D eigenvalue weighted by molar-refractivity contribution is 5.88. The summed E-state index contributed by atoms with van der Waals surface area (Å²) in [5.41, 5.74) is 8.58. The summed E-state index contributed by atoms with van der Waals surface area (Å²) in [5.74, 6) is 0.583. The molecule has 1 saturated heterocycles. The second-order valence-electron chi connectivity index (χ2n) is 7.98. The van der Waals surface area contributed by atoms with Crippen LogP contribution in [0.3, 0.4) is 0 Å². The van der Waals surface area contributed by atoms with Gasteiger partial charge < -0.3 is 20.5 Å². The number of aromatic nitrogens is 3. The minimum Gasteiger partial charge on any atom is -0.360 e. The molecule has 2 aromatic rings. The number of amides is 1. The van der Waals surface area contributed by atoms with Crippen molar-refractivity contribution in [3.05, 3.63) is 52.9 Å². The van der Waals surface area contributed by atoms with Crippen molar-refractivity contribution in [2.75, 3.05) is 31.1 Å². The summed E-state index contributed by atoms with van der Waals surface area (Å²) in [5, 5.41) is 0. The molecule has 3 N–H and O–H groups in total. The highest BCUT2D eigenvalue weighted by atomic mass is 16.2. The van der Waals surface area contributed by atoms with Crippen LogP contribution in [0.5, 0.6) is 0 Å². The number of carbonyl (C=O) groups is 1. The number of hydrogen-bond acceptors (Lipinski definition) is 6. The average Bonchev–Trinajstić information content (AvgIpc) is 3.55. The molecule has 1 saturated carbocycles. The predicted molar refractivity (Wildman–Crippen MR) is 116 cm³/mol. The van der Waals surface area contributed by atoms with E-state index < -0.39 is 0 Å². The lowest BCUT2D eigenvalue weighted by atomic mass is 10.0. The van der Waals surface area contributed by atoms with Crippen molar-refractivity contribution in [2.45, 2.75) is 32.2 Å². The molecule has 1 amide bonds. The lowest BCUT2D eigenvalue weighted by Gasteiger charge is -2.46. The first-order valence-corrected chi connectivity index (χ1v) is 10.5. The highest BCUT2D eigenvalue weighted by Crippen LogP contribution is 2.33. The van der Waals surface area contributed by atoms with Crippen LogP contribution in [0.1, 0.15) is 25.5 Å². The van der Waals surface area contributed by atoms with Crippen LogP contribution in [-0.4, -0.2) is 58.0 Å². The second-order valence-corrected chi connectivity index (χ2v) is 7.98. The van der Waals surface area contributed by atoms with E-state index in [0.717, 1.165) is 29.9 Å². The van der Waals surface area contributed by atoms with E-state index in [-0.39, 0.29) is 17.5 Å². The van der Waals surface area contributed by atoms with Crippen molar-refractivity contribution < 1.29 is 4.79 Å². The molecule has 2 fully saturated rings. The summed E-state index contributed by atoms with van der Waals surface area (Å²) < 4.78 is 0. The molecule has 1 aliphatic carbocycles. The minimum absolute atomic E-state index is 0.0289. The molecular formula is C22H28N6O2. The number of nitrogens with zero attached hydrogens (tertiary/aromatic N) is 4. The number of hydrogen-bond donors (Lipinski definition) is 2.